The first-order valence-electron chi connectivity index (χ1n) is 14.1. The molecular formula is C30H52O4. The fourth-order valence-corrected chi connectivity index (χ4v) is 5.71. The van der Waals surface area contributed by atoms with E-state index >= 15 is 0 Å². The first kappa shape index (κ1) is 29.2. The maximum Gasteiger partial charge on any atom is 0.142 e. The fourth-order valence-electron chi connectivity index (χ4n) is 5.71. The van der Waals surface area contributed by atoms with Crippen molar-refractivity contribution in [1.29, 1.82) is 0 Å². The molecule has 2 rings (SSSR count). The molecule has 4 atom stereocenters. The molecule has 4 unspecified atom stereocenters. The number of aliphatic hydroxyl groups is 2. The minimum Gasteiger partial charge on any atom is -0.396 e. The quantitative estimate of drug-likeness (QED) is 0.217. The molecule has 2 aliphatic carbocycles. The predicted molar refractivity (Wildman–Crippen MR) is 139 cm³/mol. The number of unbranched alkanes of at least 4 members (excludes halogenated alkanes) is 2. The second-order valence-electron chi connectivity index (χ2n) is 12.8. The van der Waals surface area contributed by atoms with E-state index in [0.29, 0.717) is 11.6 Å². The van der Waals surface area contributed by atoms with E-state index in [2.05, 4.69) is 39.8 Å². The van der Waals surface area contributed by atoms with Crippen LogP contribution in [0.25, 0.3) is 0 Å². The molecule has 0 aromatic carbocycles. The smallest absolute Gasteiger partial charge is 0.142 e. The van der Waals surface area contributed by atoms with Crippen molar-refractivity contribution in [1.82, 2.24) is 0 Å². The third-order valence-electron chi connectivity index (χ3n) is 8.42. The lowest BCUT2D eigenvalue weighted by Gasteiger charge is -2.29. The zero-order valence-electron chi connectivity index (χ0n) is 22.5. The molecule has 0 bridgehead atoms. The number of rotatable bonds is 14. The minimum absolute atomic E-state index is 0.0125. The van der Waals surface area contributed by atoms with Crippen molar-refractivity contribution >= 4 is 11.6 Å². The van der Waals surface area contributed by atoms with Crippen LogP contribution >= 0.6 is 0 Å². The van der Waals surface area contributed by atoms with Crippen molar-refractivity contribution in [3.63, 3.8) is 0 Å². The van der Waals surface area contributed by atoms with Gasteiger partial charge in [0, 0.05) is 36.9 Å². The number of aliphatic hydroxyl groups excluding tert-OH is 2. The summed E-state index contributed by atoms with van der Waals surface area (Å²) in [6.07, 6.45) is 18.4. The van der Waals surface area contributed by atoms with Crippen LogP contribution in [0.2, 0.25) is 0 Å². The van der Waals surface area contributed by atoms with E-state index in [1.807, 2.05) is 0 Å². The van der Waals surface area contributed by atoms with Gasteiger partial charge in [-0.05, 0) is 62.2 Å². The van der Waals surface area contributed by atoms with Crippen LogP contribution in [-0.2, 0) is 9.59 Å². The van der Waals surface area contributed by atoms with Crippen LogP contribution in [0.4, 0.5) is 0 Å². The predicted octanol–water partition coefficient (Wildman–Crippen LogP) is 6.67. The van der Waals surface area contributed by atoms with Crippen LogP contribution < -0.4 is 0 Å². The fraction of sp³-hybridized carbons (Fsp3) is 0.867. The molecule has 34 heavy (non-hydrogen) atoms. The summed E-state index contributed by atoms with van der Waals surface area (Å²) >= 11 is 0. The molecule has 0 aromatic heterocycles. The lowest BCUT2D eigenvalue weighted by molar-refractivity contribution is -0.129. The molecular weight excluding hydrogens is 424 g/mol. The lowest BCUT2D eigenvalue weighted by atomic mass is 9.75. The van der Waals surface area contributed by atoms with Gasteiger partial charge in [-0.2, -0.15) is 0 Å². The third kappa shape index (κ3) is 9.57. The van der Waals surface area contributed by atoms with Crippen LogP contribution in [0.15, 0.2) is 12.2 Å². The van der Waals surface area contributed by atoms with Crippen molar-refractivity contribution in [3.05, 3.63) is 12.2 Å². The molecule has 4 nitrogen and oxygen atoms in total. The topological polar surface area (TPSA) is 74.6 Å². The highest BCUT2D eigenvalue weighted by atomic mass is 16.3. The number of allylic oxidation sites excluding steroid dienone is 2. The lowest BCUT2D eigenvalue weighted by Crippen LogP contribution is -2.29. The van der Waals surface area contributed by atoms with E-state index in [0.717, 1.165) is 89.9 Å². The third-order valence-corrected chi connectivity index (χ3v) is 8.42. The second-order valence-corrected chi connectivity index (χ2v) is 12.8. The molecule has 0 aliphatic heterocycles. The summed E-state index contributed by atoms with van der Waals surface area (Å²) in [7, 11) is 0. The molecule has 0 aromatic rings. The maximum absolute atomic E-state index is 13.1. The molecule has 0 heterocycles. The van der Waals surface area contributed by atoms with Gasteiger partial charge < -0.3 is 10.2 Å². The normalized spacial score (nSPS) is 27.0. The maximum atomic E-state index is 13.1. The summed E-state index contributed by atoms with van der Waals surface area (Å²) in [5.41, 5.74) is -0.0511. The van der Waals surface area contributed by atoms with E-state index in [1.165, 1.54) is 0 Å². The van der Waals surface area contributed by atoms with Gasteiger partial charge in [0.2, 0.25) is 0 Å². The first-order valence-corrected chi connectivity index (χ1v) is 14.1. The van der Waals surface area contributed by atoms with E-state index in [-0.39, 0.29) is 47.7 Å². The standard InChI is InChI=1S/C30H52O4/c1-29(2,21-31)19-7-5-11-23-13-9-15-25(27(23)33)17-18-26-16-10-14-24(28(26)34)12-6-8-20-30(3,4)22-32/h17-18,23-26,31-32H,5-16,19-22H2,1-4H3/b18-17+. The van der Waals surface area contributed by atoms with Crippen LogP contribution in [0.1, 0.15) is 118 Å². The van der Waals surface area contributed by atoms with Crippen LogP contribution in [-0.4, -0.2) is 35.0 Å². The molecule has 0 saturated heterocycles. The van der Waals surface area contributed by atoms with Crippen LogP contribution in [0.3, 0.4) is 0 Å². The number of Topliss-reactive ketones (excluding diaryl/α,β-unsaturated/α-hetero) is 2. The van der Waals surface area contributed by atoms with Gasteiger partial charge in [0.05, 0.1) is 0 Å². The van der Waals surface area contributed by atoms with Gasteiger partial charge in [-0.1, -0.05) is 78.4 Å². The van der Waals surface area contributed by atoms with E-state index < -0.39 is 0 Å². The Hall–Kier alpha value is -1.00. The SMILES string of the molecule is CC(C)(CO)CCCCC1CCCC(/C=C/C2CCCC(CCCCC(C)(C)CO)C2=O)C1=O. The average Bonchev–Trinajstić information content (AvgIpc) is 2.81. The Balaban J connectivity index is 1.79. The van der Waals surface area contributed by atoms with E-state index in [1.54, 1.807) is 0 Å². The van der Waals surface area contributed by atoms with Gasteiger partial charge in [0.25, 0.3) is 0 Å². The van der Waals surface area contributed by atoms with Gasteiger partial charge in [-0.3, -0.25) is 9.59 Å². The molecule has 196 valence electrons. The Morgan fingerprint density at radius 3 is 1.41 bits per heavy atom. The van der Waals surface area contributed by atoms with E-state index in [9.17, 15) is 19.8 Å². The summed E-state index contributed by atoms with van der Waals surface area (Å²) in [4.78, 5) is 26.2. The van der Waals surface area contributed by atoms with Gasteiger partial charge in [0.15, 0.2) is 0 Å². The molecule has 2 fully saturated rings. The highest BCUT2D eigenvalue weighted by Gasteiger charge is 2.32. The zero-order chi connectivity index (χ0) is 25.2. The Morgan fingerprint density at radius 2 is 1.06 bits per heavy atom. The van der Waals surface area contributed by atoms with Crippen molar-refractivity contribution in [2.75, 3.05) is 13.2 Å². The van der Waals surface area contributed by atoms with Gasteiger partial charge in [-0.25, -0.2) is 0 Å². The van der Waals surface area contributed by atoms with Crippen molar-refractivity contribution in [3.8, 4) is 0 Å². The summed E-state index contributed by atoms with van der Waals surface area (Å²) in [6.45, 7) is 8.79. The minimum atomic E-state index is -0.0255. The number of hydrogen-bond donors (Lipinski definition) is 2. The molecule has 2 N–H and O–H groups in total. The Morgan fingerprint density at radius 1 is 0.676 bits per heavy atom. The van der Waals surface area contributed by atoms with Crippen LogP contribution in [0, 0.1) is 34.5 Å². The monoisotopic (exact) mass is 476 g/mol. The van der Waals surface area contributed by atoms with Crippen molar-refractivity contribution in [2.24, 2.45) is 34.5 Å². The molecule has 0 amide bonds. The molecule has 0 radical (unpaired) electrons. The summed E-state index contributed by atoms with van der Waals surface area (Å²) < 4.78 is 0. The first-order chi connectivity index (χ1) is 16.1. The largest absolute Gasteiger partial charge is 0.396 e. The average molecular weight is 477 g/mol. The molecule has 2 aliphatic rings. The Bertz CT molecular complexity index is 607. The summed E-state index contributed by atoms with van der Waals surface area (Å²) in [5.74, 6) is 1.07. The molecule has 0 spiro atoms. The van der Waals surface area contributed by atoms with Crippen LogP contribution in [0.5, 0.6) is 0 Å². The molecule has 4 heteroatoms. The second kappa shape index (κ2) is 13.9. The van der Waals surface area contributed by atoms with Crippen molar-refractivity contribution < 1.29 is 19.8 Å². The molecule has 2 saturated carbocycles. The number of ketones is 2. The van der Waals surface area contributed by atoms with E-state index in [4.69, 9.17) is 0 Å². The number of carbonyl (C=O) groups is 2. The number of carbonyl (C=O) groups excluding carboxylic acids is 2. The Labute approximate surface area is 209 Å². The summed E-state index contributed by atoms with van der Waals surface area (Å²) in [5, 5.41) is 18.8. The van der Waals surface area contributed by atoms with Gasteiger partial charge in [-0.15, -0.1) is 0 Å². The summed E-state index contributed by atoms with van der Waals surface area (Å²) in [6, 6.07) is 0. The highest BCUT2D eigenvalue weighted by molar-refractivity contribution is 5.87. The number of hydrogen-bond acceptors (Lipinski definition) is 4. The van der Waals surface area contributed by atoms with Gasteiger partial charge in [0.1, 0.15) is 11.6 Å². The zero-order valence-corrected chi connectivity index (χ0v) is 22.5. The Kier molecular flexibility index (Phi) is 12.0. The van der Waals surface area contributed by atoms with Crippen molar-refractivity contribution in [2.45, 2.75) is 118 Å². The highest BCUT2D eigenvalue weighted by Crippen LogP contribution is 2.34. The van der Waals surface area contributed by atoms with Gasteiger partial charge >= 0.3 is 0 Å².